The smallest absolute Gasteiger partial charge is 0.162 e. The molecule has 2 rings (SSSR count). The Morgan fingerprint density at radius 2 is 2.06 bits per heavy atom. The number of nitriles is 1. The van der Waals surface area contributed by atoms with Gasteiger partial charge in [0.1, 0.15) is 11.9 Å². The van der Waals surface area contributed by atoms with Gasteiger partial charge in [0.25, 0.3) is 0 Å². The summed E-state index contributed by atoms with van der Waals surface area (Å²) in [6, 6.07) is 9.95. The number of benzene rings is 1. The fraction of sp³-hybridized carbons (Fsp3) is 0.167. The Balaban J connectivity index is 2.67. The quantitative estimate of drug-likeness (QED) is 0.803. The maximum Gasteiger partial charge on any atom is 0.162 e. The molecule has 2 aromatic rings. The van der Waals surface area contributed by atoms with E-state index in [2.05, 4.69) is 27.0 Å². The van der Waals surface area contributed by atoms with Gasteiger partial charge in [-0.05, 0) is 13.0 Å². The standard InChI is InChI=1S/C12H10BrN3/c1-8-11(7-14)15-12(16(8)2)9-5-3-4-6-10(9)13/h3-6H,1-2H3. The number of rotatable bonds is 1. The van der Waals surface area contributed by atoms with Crippen LogP contribution in [0.1, 0.15) is 11.4 Å². The van der Waals surface area contributed by atoms with Gasteiger partial charge in [-0.2, -0.15) is 5.26 Å². The van der Waals surface area contributed by atoms with Crippen molar-refractivity contribution >= 4 is 15.9 Å². The van der Waals surface area contributed by atoms with Gasteiger partial charge in [0.2, 0.25) is 0 Å². The summed E-state index contributed by atoms with van der Waals surface area (Å²) < 4.78 is 2.91. The first-order chi connectivity index (χ1) is 7.65. The monoisotopic (exact) mass is 275 g/mol. The van der Waals surface area contributed by atoms with Crippen LogP contribution in [0.25, 0.3) is 11.4 Å². The van der Waals surface area contributed by atoms with Gasteiger partial charge in [0.05, 0.1) is 5.69 Å². The molecule has 0 unspecified atom stereocenters. The molecule has 0 atom stereocenters. The second kappa shape index (κ2) is 4.11. The summed E-state index contributed by atoms with van der Waals surface area (Å²) in [5.41, 5.74) is 2.36. The number of nitrogens with zero attached hydrogens (tertiary/aromatic N) is 3. The van der Waals surface area contributed by atoms with Crippen LogP contribution in [0.3, 0.4) is 0 Å². The van der Waals surface area contributed by atoms with Crippen LogP contribution in [-0.4, -0.2) is 9.55 Å². The lowest BCUT2D eigenvalue weighted by atomic mass is 10.2. The Hall–Kier alpha value is -1.60. The van der Waals surface area contributed by atoms with E-state index in [1.807, 2.05) is 42.8 Å². The lowest BCUT2D eigenvalue weighted by molar-refractivity contribution is 0.882. The maximum atomic E-state index is 8.93. The number of imidazole rings is 1. The molecular weight excluding hydrogens is 266 g/mol. The van der Waals surface area contributed by atoms with E-state index in [-0.39, 0.29) is 0 Å². The number of hydrogen-bond donors (Lipinski definition) is 0. The van der Waals surface area contributed by atoms with Crippen molar-refractivity contribution in [3.8, 4) is 17.5 Å². The minimum absolute atomic E-state index is 0.480. The summed E-state index contributed by atoms with van der Waals surface area (Å²) in [6.07, 6.45) is 0. The van der Waals surface area contributed by atoms with Crippen molar-refractivity contribution in [2.45, 2.75) is 6.92 Å². The molecule has 0 bridgehead atoms. The van der Waals surface area contributed by atoms with Gasteiger partial charge in [-0.1, -0.05) is 34.1 Å². The van der Waals surface area contributed by atoms with Crippen LogP contribution in [0.2, 0.25) is 0 Å². The fourth-order valence-corrected chi connectivity index (χ4v) is 2.03. The highest BCUT2D eigenvalue weighted by molar-refractivity contribution is 9.10. The first-order valence-electron chi connectivity index (χ1n) is 4.83. The molecule has 1 aromatic carbocycles. The zero-order chi connectivity index (χ0) is 11.7. The van der Waals surface area contributed by atoms with E-state index in [4.69, 9.17) is 5.26 Å². The molecule has 0 spiro atoms. The van der Waals surface area contributed by atoms with E-state index in [0.717, 1.165) is 21.6 Å². The topological polar surface area (TPSA) is 41.6 Å². The molecule has 1 heterocycles. The molecule has 0 aliphatic rings. The fourth-order valence-electron chi connectivity index (χ4n) is 1.57. The number of aromatic nitrogens is 2. The summed E-state index contributed by atoms with van der Waals surface area (Å²) in [4.78, 5) is 4.33. The molecule has 0 fully saturated rings. The zero-order valence-electron chi connectivity index (χ0n) is 9.03. The maximum absolute atomic E-state index is 8.93. The number of hydrogen-bond acceptors (Lipinski definition) is 2. The largest absolute Gasteiger partial charge is 0.330 e. The van der Waals surface area contributed by atoms with Crippen molar-refractivity contribution in [3.63, 3.8) is 0 Å². The predicted octanol–water partition coefficient (Wildman–Crippen LogP) is 3.03. The van der Waals surface area contributed by atoms with Gasteiger partial charge < -0.3 is 4.57 Å². The number of halogens is 1. The highest BCUT2D eigenvalue weighted by Crippen LogP contribution is 2.27. The Kier molecular flexibility index (Phi) is 2.80. The summed E-state index contributed by atoms with van der Waals surface area (Å²) in [7, 11) is 1.91. The van der Waals surface area contributed by atoms with Crippen molar-refractivity contribution in [3.05, 3.63) is 40.1 Å². The molecule has 3 nitrogen and oxygen atoms in total. The van der Waals surface area contributed by atoms with Gasteiger partial charge >= 0.3 is 0 Å². The molecule has 0 amide bonds. The second-order valence-corrected chi connectivity index (χ2v) is 4.37. The summed E-state index contributed by atoms with van der Waals surface area (Å²) in [6.45, 7) is 1.89. The van der Waals surface area contributed by atoms with Crippen molar-refractivity contribution in [2.24, 2.45) is 7.05 Å². The van der Waals surface area contributed by atoms with E-state index in [9.17, 15) is 0 Å². The lowest BCUT2D eigenvalue weighted by Crippen LogP contribution is -1.95. The second-order valence-electron chi connectivity index (χ2n) is 3.52. The Morgan fingerprint density at radius 3 is 2.62 bits per heavy atom. The van der Waals surface area contributed by atoms with E-state index in [1.54, 1.807) is 0 Å². The first kappa shape index (κ1) is 10.9. The van der Waals surface area contributed by atoms with Crippen LogP contribution in [0.4, 0.5) is 0 Å². The normalized spacial score (nSPS) is 10.1. The van der Waals surface area contributed by atoms with Crippen molar-refractivity contribution < 1.29 is 0 Å². The van der Waals surface area contributed by atoms with Crippen molar-refractivity contribution in [1.29, 1.82) is 5.26 Å². The Labute approximate surface area is 102 Å². The molecule has 0 radical (unpaired) electrons. The van der Waals surface area contributed by atoms with E-state index >= 15 is 0 Å². The average Bonchev–Trinajstić information content (AvgIpc) is 2.57. The van der Waals surface area contributed by atoms with Crippen LogP contribution < -0.4 is 0 Å². The molecule has 0 N–H and O–H groups in total. The first-order valence-corrected chi connectivity index (χ1v) is 5.62. The van der Waals surface area contributed by atoms with E-state index in [0.29, 0.717) is 5.69 Å². The van der Waals surface area contributed by atoms with Crippen LogP contribution in [-0.2, 0) is 7.05 Å². The van der Waals surface area contributed by atoms with Crippen LogP contribution in [0, 0.1) is 18.3 Å². The van der Waals surface area contributed by atoms with Gasteiger partial charge in [-0.3, -0.25) is 0 Å². The third-order valence-electron chi connectivity index (χ3n) is 2.60. The molecule has 16 heavy (non-hydrogen) atoms. The SMILES string of the molecule is Cc1c(C#N)nc(-c2ccccc2Br)n1C. The third kappa shape index (κ3) is 1.63. The molecule has 1 aromatic heterocycles. The van der Waals surface area contributed by atoms with Crippen molar-refractivity contribution in [1.82, 2.24) is 9.55 Å². The molecular formula is C12H10BrN3. The molecule has 4 heteroatoms. The molecule has 80 valence electrons. The molecule has 0 saturated heterocycles. The van der Waals surface area contributed by atoms with E-state index in [1.165, 1.54) is 0 Å². The highest BCUT2D eigenvalue weighted by atomic mass is 79.9. The van der Waals surface area contributed by atoms with Crippen LogP contribution in [0.15, 0.2) is 28.7 Å². The lowest BCUT2D eigenvalue weighted by Gasteiger charge is -2.04. The average molecular weight is 276 g/mol. The summed E-state index contributed by atoms with van der Waals surface area (Å²) in [5, 5.41) is 8.93. The van der Waals surface area contributed by atoms with Gasteiger partial charge in [0.15, 0.2) is 5.69 Å². The Morgan fingerprint density at radius 1 is 1.38 bits per heavy atom. The third-order valence-corrected chi connectivity index (χ3v) is 3.29. The molecule has 0 aliphatic heterocycles. The minimum atomic E-state index is 0.480. The van der Waals surface area contributed by atoms with E-state index < -0.39 is 0 Å². The van der Waals surface area contributed by atoms with Gasteiger partial charge in [0, 0.05) is 17.1 Å². The highest BCUT2D eigenvalue weighted by Gasteiger charge is 2.13. The Bertz CT molecular complexity index is 578. The van der Waals surface area contributed by atoms with Gasteiger partial charge in [-0.15, -0.1) is 0 Å². The minimum Gasteiger partial charge on any atom is -0.330 e. The molecule has 0 saturated carbocycles. The van der Waals surface area contributed by atoms with Crippen LogP contribution >= 0.6 is 15.9 Å². The molecule has 0 aliphatic carbocycles. The summed E-state index contributed by atoms with van der Waals surface area (Å²) in [5.74, 6) is 0.807. The van der Waals surface area contributed by atoms with Crippen LogP contribution in [0.5, 0.6) is 0 Å². The summed E-state index contributed by atoms with van der Waals surface area (Å²) >= 11 is 3.49. The zero-order valence-corrected chi connectivity index (χ0v) is 10.6. The van der Waals surface area contributed by atoms with Crippen molar-refractivity contribution in [2.75, 3.05) is 0 Å². The van der Waals surface area contributed by atoms with Gasteiger partial charge in [-0.25, -0.2) is 4.98 Å². The predicted molar refractivity (Wildman–Crippen MR) is 65.8 cm³/mol.